The van der Waals surface area contributed by atoms with Gasteiger partial charge < -0.3 is 10.4 Å². The van der Waals surface area contributed by atoms with Crippen LogP contribution in [0.5, 0.6) is 0 Å². The van der Waals surface area contributed by atoms with Crippen molar-refractivity contribution in [3.63, 3.8) is 0 Å². The average molecular weight is 347 g/mol. The number of halogens is 2. The molecule has 0 bridgehead atoms. The van der Waals surface area contributed by atoms with Crippen molar-refractivity contribution in [3.8, 4) is 5.69 Å². The van der Waals surface area contributed by atoms with Crippen molar-refractivity contribution in [2.24, 2.45) is 0 Å². The largest absolute Gasteiger partial charge is 0.388 e. The third-order valence-corrected chi connectivity index (χ3v) is 5.16. The molecule has 2 aromatic rings. The minimum atomic E-state index is -0.946. The van der Waals surface area contributed by atoms with Crippen LogP contribution in [0.15, 0.2) is 18.2 Å². The summed E-state index contributed by atoms with van der Waals surface area (Å²) in [5.41, 5.74) is 1.61. The van der Waals surface area contributed by atoms with E-state index < -0.39 is 17.2 Å². The van der Waals surface area contributed by atoms with Gasteiger partial charge in [-0.15, -0.1) is 0 Å². The second kappa shape index (κ2) is 5.91. The van der Waals surface area contributed by atoms with E-state index in [0.717, 1.165) is 49.1 Å². The van der Waals surface area contributed by atoms with Crippen molar-refractivity contribution in [2.45, 2.75) is 44.1 Å². The van der Waals surface area contributed by atoms with Crippen molar-refractivity contribution in [1.82, 2.24) is 15.1 Å². The Balaban J connectivity index is 1.63. The standard InChI is InChI=1S/C18H19F2N3O2/c19-13-6-5-11(9-14(13)20)23-15-4-1-3-12(15)16(22-23)17(24)21-10-18(25)7-2-8-18/h5-6,9,25H,1-4,7-8,10H2,(H,21,24). The fourth-order valence-electron chi connectivity index (χ4n) is 3.54. The highest BCUT2D eigenvalue weighted by Gasteiger charge is 2.35. The first kappa shape index (κ1) is 16.2. The highest BCUT2D eigenvalue weighted by Crippen LogP contribution is 2.31. The van der Waals surface area contributed by atoms with Gasteiger partial charge in [-0.05, 0) is 50.7 Å². The Morgan fingerprint density at radius 2 is 2.04 bits per heavy atom. The number of benzene rings is 1. The number of nitrogens with zero attached hydrogens (tertiary/aromatic N) is 2. The van der Waals surface area contributed by atoms with Gasteiger partial charge in [-0.1, -0.05) is 0 Å². The Bertz CT molecular complexity index is 843. The van der Waals surface area contributed by atoms with Crippen LogP contribution in [0.2, 0.25) is 0 Å². The summed E-state index contributed by atoms with van der Waals surface area (Å²) < 4.78 is 28.3. The number of carbonyl (C=O) groups excluding carboxylic acids is 1. The van der Waals surface area contributed by atoms with Crippen molar-refractivity contribution in [3.05, 3.63) is 46.8 Å². The van der Waals surface area contributed by atoms with Gasteiger partial charge in [0.05, 0.1) is 11.3 Å². The summed E-state index contributed by atoms with van der Waals surface area (Å²) in [5, 5.41) is 17.2. The van der Waals surface area contributed by atoms with Crippen LogP contribution in [0, 0.1) is 11.6 Å². The Labute approximate surface area is 143 Å². The zero-order chi connectivity index (χ0) is 17.6. The molecule has 7 heteroatoms. The number of fused-ring (bicyclic) bond motifs is 1. The summed E-state index contributed by atoms with van der Waals surface area (Å²) in [6, 6.07) is 3.59. The number of amides is 1. The maximum Gasteiger partial charge on any atom is 0.272 e. The Kier molecular flexibility index (Phi) is 3.83. The topological polar surface area (TPSA) is 67.2 Å². The zero-order valence-corrected chi connectivity index (χ0v) is 13.7. The van der Waals surface area contributed by atoms with E-state index in [1.807, 2.05) is 0 Å². The van der Waals surface area contributed by atoms with E-state index in [1.165, 1.54) is 10.7 Å². The van der Waals surface area contributed by atoms with Crippen LogP contribution < -0.4 is 5.32 Å². The number of rotatable bonds is 4. The molecule has 2 N–H and O–H groups in total. The van der Waals surface area contributed by atoms with Gasteiger partial charge in [0.15, 0.2) is 17.3 Å². The van der Waals surface area contributed by atoms with E-state index in [4.69, 9.17) is 0 Å². The summed E-state index contributed by atoms with van der Waals surface area (Å²) in [5.74, 6) is -2.20. The molecule has 1 heterocycles. The first-order valence-electron chi connectivity index (χ1n) is 8.54. The minimum absolute atomic E-state index is 0.207. The van der Waals surface area contributed by atoms with E-state index in [2.05, 4.69) is 10.4 Å². The molecule has 4 rings (SSSR count). The lowest BCUT2D eigenvalue weighted by atomic mass is 9.80. The average Bonchev–Trinajstić information content (AvgIpc) is 3.16. The van der Waals surface area contributed by atoms with Gasteiger partial charge in [-0.3, -0.25) is 4.79 Å². The number of hydrogen-bond donors (Lipinski definition) is 2. The summed E-state index contributed by atoms with van der Waals surface area (Å²) in [6.45, 7) is 0.207. The van der Waals surface area contributed by atoms with Gasteiger partial charge in [0.2, 0.25) is 0 Å². The molecule has 0 aliphatic heterocycles. The fraction of sp³-hybridized carbons (Fsp3) is 0.444. The quantitative estimate of drug-likeness (QED) is 0.892. The molecule has 1 amide bonds. The molecule has 5 nitrogen and oxygen atoms in total. The molecule has 0 atom stereocenters. The molecule has 0 saturated heterocycles. The lowest BCUT2D eigenvalue weighted by Crippen LogP contribution is -2.47. The number of aliphatic hydroxyl groups is 1. The smallest absolute Gasteiger partial charge is 0.272 e. The van der Waals surface area contributed by atoms with Gasteiger partial charge >= 0.3 is 0 Å². The lowest BCUT2D eigenvalue weighted by Gasteiger charge is -2.36. The van der Waals surface area contributed by atoms with Gasteiger partial charge in [-0.2, -0.15) is 5.10 Å². The molecule has 1 fully saturated rings. The van der Waals surface area contributed by atoms with E-state index in [-0.39, 0.29) is 12.5 Å². The van der Waals surface area contributed by atoms with Crippen LogP contribution in [-0.4, -0.2) is 32.9 Å². The number of nitrogens with one attached hydrogen (secondary N) is 1. The SMILES string of the molecule is O=C(NCC1(O)CCC1)c1nn(-c2ccc(F)c(F)c2)c2c1CCC2. The zero-order valence-electron chi connectivity index (χ0n) is 13.7. The van der Waals surface area contributed by atoms with Crippen LogP contribution in [0.3, 0.4) is 0 Å². The van der Waals surface area contributed by atoms with Crippen LogP contribution in [-0.2, 0) is 12.8 Å². The fourth-order valence-corrected chi connectivity index (χ4v) is 3.54. The van der Waals surface area contributed by atoms with Crippen molar-refractivity contribution >= 4 is 5.91 Å². The number of aromatic nitrogens is 2. The predicted molar refractivity (Wildman–Crippen MR) is 86.6 cm³/mol. The second-order valence-corrected chi connectivity index (χ2v) is 6.90. The lowest BCUT2D eigenvalue weighted by molar-refractivity contribution is -0.0300. The highest BCUT2D eigenvalue weighted by molar-refractivity contribution is 5.94. The third-order valence-electron chi connectivity index (χ3n) is 5.16. The summed E-state index contributed by atoms with van der Waals surface area (Å²) in [6.07, 6.45) is 4.70. The molecule has 1 aromatic carbocycles. The highest BCUT2D eigenvalue weighted by atomic mass is 19.2. The minimum Gasteiger partial charge on any atom is -0.388 e. The molecule has 0 radical (unpaired) electrons. The Morgan fingerprint density at radius 3 is 2.72 bits per heavy atom. The first-order valence-corrected chi connectivity index (χ1v) is 8.54. The maximum atomic E-state index is 13.6. The molecule has 1 aromatic heterocycles. The van der Waals surface area contributed by atoms with Gasteiger partial charge in [-0.25, -0.2) is 13.5 Å². The van der Waals surface area contributed by atoms with Crippen molar-refractivity contribution < 1.29 is 18.7 Å². The predicted octanol–water partition coefficient (Wildman–Crippen LogP) is 2.28. The summed E-state index contributed by atoms with van der Waals surface area (Å²) in [7, 11) is 0. The third kappa shape index (κ3) is 2.82. The normalized spacial score (nSPS) is 17.9. The monoisotopic (exact) mass is 347 g/mol. The molecular weight excluding hydrogens is 328 g/mol. The second-order valence-electron chi connectivity index (χ2n) is 6.90. The van der Waals surface area contributed by atoms with Gasteiger partial charge in [0.25, 0.3) is 5.91 Å². The van der Waals surface area contributed by atoms with E-state index in [0.29, 0.717) is 24.2 Å². The summed E-state index contributed by atoms with van der Waals surface area (Å²) in [4.78, 5) is 12.5. The van der Waals surface area contributed by atoms with Crippen LogP contribution in [0.25, 0.3) is 5.69 Å². The van der Waals surface area contributed by atoms with Crippen LogP contribution in [0.4, 0.5) is 8.78 Å². The number of carbonyl (C=O) groups is 1. The first-order chi connectivity index (χ1) is 12.0. The van der Waals surface area contributed by atoms with Crippen molar-refractivity contribution in [2.75, 3.05) is 6.54 Å². The van der Waals surface area contributed by atoms with Crippen LogP contribution in [0.1, 0.15) is 47.4 Å². The molecule has 2 aliphatic carbocycles. The van der Waals surface area contributed by atoms with E-state index in [9.17, 15) is 18.7 Å². The van der Waals surface area contributed by atoms with E-state index >= 15 is 0 Å². The molecule has 25 heavy (non-hydrogen) atoms. The molecule has 0 spiro atoms. The van der Waals surface area contributed by atoms with Gasteiger partial charge in [0, 0.05) is 23.9 Å². The maximum absolute atomic E-state index is 13.6. The Morgan fingerprint density at radius 1 is 1.24 bits per heavy atom. The van der Waals surface area contributed by atoms with Crippen LogP contribution >= 0.6 is 0 Å². The molecule has 2 aliphatic rings. The molecule has 132 valence electrons. The van der Waals surface area contributed by atoms with E-state index in [1.54, 1.807) is 0 Å². The molecular formula is C18H19F2N3O2. The van der Waals surface area contributed by atoms with Crippen molar-refractivity contribution in [1.29, 1.82) is 0 Å². The van der Waals surface area contributed by atoms with Gasteiger partial charge in [0.1, 0.15) is 0 Å². The molecule has 0 unspecified atom stereocenters. The summed E-state index contributed by atoms with van der Waals surface area (Å²) >= 11 is 0. The number of hydrogen-bond acceptors (Lipinski definition) is 3. The molecule has 1 saturated carbocycles. The Hall–Kier alpha value is -2.28.